The Kier molecular flexibility index (Phi) is 8.83. The second-order valence-electron chi connectivity index (χ2n) is 6.96. The number of anilines is 1. The second kappa shape index (κ2) is 11.4. The van der Waals surface area contributed by atoms with Crippen LogP contribution in [-0.2, 0) is 23.1 Å². The summed E-state index contributed by atoms with van der Waals surface area (Å²) < 4.78 is 36.9. The van der Waals surface area contributed by atoms with Gasteiger partial charge in [-0.05, 0) is 39.5 Å². The van der Waals surface area contributed by atoms with E-state index in [9.17, 15) is 4.57 Å². The summed E-state index contributed by atoms with van der Waals surface area (Å²) in [4.78, 5) is 12.6. The van der Waals surface area contributed by atoms with Crippen LogP contribution in [0.15, 0.2) is 18.2 Å². The monoisotopic (exact) mass is 473 g/mol. The molecule has 0 aromatic carbocycles. The van der Waals surface area contributed by atoms with Gasteiger partial charge in [-0.3, -0.25) is 9.13 Å². The summed E-state index contributed by atoms with van der Waals surface area (Å²) in [5, 5.41) is 0.190. The minimum Gasteiger partial charge on any atom is -0.379 e. The molecule has 2 N–H and O–H groups in total. The van der Waals surface area contributed by atoms with Crippen LogP contribution < -0.4 is 5.73 Å². The lowest BCUT2D eigenvalue weighted by molar-refractivity contribution is -0.110. The van der Waals surface area contributed by atoms with Crippen LogP contribution in [0.3, 0.4) is 0 Å². The summed E-state index contributed by atoms with van der Waals surface area (Å²) in [7, 11) is -3.24. The molecule has 12 heteroatoms. The predicted octanol–water partition coefficient (Wildman–Crippen LogP) is 4.32. The van der Waals surface area contributed by atoms with Gasteiger partial charge in [0.15, 0.2) is 10.8 Å². The smallest absolute Gasteiger partial charge is 0.353 e. The third-order valence-corrected chi connectivity index (χ3v) is 6.74. The van der Waals surface area contributed by atoms with Crippen molar-refractivity contribution in [1.29, 1.82) is 0 Å². The number of aromatic nitrogens is 4. The van der Waals surface area contributed by atoms with E-state index in [-0.39, 0.29) is 17.2 Å². The van der Waals surface area contributed by atoms with Crippen LogP contribution in [0.1, 0.15) is 45.8 Å². The second-order valence-corrected chi connectivity index (χ2v) is 9.22. The van der Waals surface area contributed by atoms with Gasteiger partial charge in [0, 0.05) is 12.4 Å². The Labute approximate surface area is 186 Å². The lowest BCUT2D eigenvalue weighted by Gasteiger charge is -2.28. The topological polar surface area (TPSA) is 124 Å². The molecule has 0 spiro atoms. The van der Waals surface area contributed by atoms with Crippen molar-refractivity contribution in [2.45, 2.75) is 51.9 Å². The zero-order valence-electron chi connectivity index (χ0n) is 17.8. The van der Waals surface area contributed by atoms with Crippen molar-refractivity contribution in [2.24, 2.45) is 0 Å². The van der Waals surface area contributed by atoms with Gasteiger partial charge in [-0.15, -0.1) is 0 Å². The zero-order valence-corrected chi connectivity index (χ0v) is 19.4. The number of fused-ring (bicyclic) bond motifs is 1. The fourth-order valence-electron chi connectivity index (χ4n) is 3.35. The van der Waals surface area contributed by atoms with E-state index < -0.39 is 13.8 Å². The maximum absolute atomic E-state index is 12.6. The van der Waals surface area contributed by atoms with Gasteiger partial charge < -0.3 is 24.3 Å². The molecule has 2 aromatic rings. The highest BCUT2D eigenvalue weighted by atomic mass is 35.5. The van der Waals surface area contributed by atoms with E-state index in [1.54, 1.807) is 30.8 Å². The molecule has 10 nitrogen and oxygen atoms in total. The van der Waals surface area contributed by atoms with Crippen LogP contribution in [0.25, 0.3) is 11.2 Å². The number of halogens is 1. The minimum atomic E-state index is -3.24. The average Bonchev–Trinajstić information content (AvgIpc) is 3.15. The van der Waals surface area contributed by atoms with E-state index in [1.165, 1.54) is 5.82 Å². The van der Waals surface area contributed by atoms with Crippen molar-refractivity contribution in [2.75, 3.05) is 32.2 Å². The molecule has 172 valence electrons. The molecule has 3 heterocycles. The lowest BCUT2D eigenvalue weighted by Crippen LogP contribution is -2.29. The van der Waals surface area contributed by atoms with Crippen molar-refractivity contribution in [3.8, 4) is 0 Å². The molecule has 3 rings (SSSR count). The van der Waals surface area contributed by atoms with Gasteiger partial charge in [0.2, 0.25) is 5.95 Å². The summed E-state index contributed by atoms with van der Waals surface area (Å²) in [6.45, 7) is 5.43. The summed E-state index contributed by atoms with van der Waals surface area (Å²) >= 11 is 6.17. The van der Waals surface area contributed by atoms with Crippen LogP contribution in [0, 0.1) is 0 Å². The highest BCUT2D eigenvalue weighted by Gasteiger charge is 2.24. The SMILES string of the molecule is CCOP(=O)(C=CCCC(OC1CCCOC1)n1cnc2c(Cl)nc(N)nc21)OCC. The maximum atomic E-state index is 12.6. The number of rotatable bonds is 11. The molecular formula is C19H29ClN5O5P. The Morgan fingerprint density at radius 2 is 2.16 bits per heavy atom. The Hall–Kier alpha value is -1.55. The van der Waals surface area contributed by atoms with E-state index in [1.807, 2.05) is 0 Å². The van der Waals surface area contributed by atoms with Crippen molar-refractivity contribution in [1.82, 2.24) is 19.5 Å². The van der Waals surface area contributed by atoms with E-state index in [2.05, 4.69) is 15.0 Å². The number of hydrogen-bond acceptors (Lipinski definition) is 9. The molecule has 1 fully saturated rings. The first-order valence-electron chi connectivity index (χ1n) is 10.4. The molecule has 2 aromatic heterocycles. The number of nitrogen functional groups attached to an aromatic ring is 1. The zero-order chi connectivity index (χ0) is 22.3. The molecule has 1 aliphatic heterocycles. The fourth-order valence-corrected chi connectivity index (χ4v) is 4.94. The van der Waals surface area contributed by atoms with Gasteiger partial charge in [0.1, 0.15) is 11.7 Å². The van der Waals surface area contributed by atoms with Gasteiger partial charge >= 0.3 is 7.60 Å². The Morgan fingerprint density at radius 1 is 1.39 bits per heavy atom. The van der Waals surface area contributed by atoms with Crippen molar-refractivity contribution < 1.29 is 23.1 Å². The van der Waals surface area contributed by atoms with E-state index in [4.69, 9.17) is 35.9 Å². The van der Waals surface area contributed by atoms with Crippen LogP contribution >= 0.6 is 19.2 Å². The summed E-state index contributed by atoms with van der Waals surface area (Å²) in [5.41, 5.74) is 6.74. The number of nitrogens with two attached hydrogens (primary N) is 1. The van der Waals surface area contributed by atoms with Crippen molar-refractivity contribution in [3.63, 3.8) is 0 Å². The lowest BCUT2D eigenvalue weighted by atomic mass is 10.1. The van der Waals surface area contributed by atoms with E-state index in [0.717, 1.165) is 19.4 Å². The van der Waals surface area contributed by atoms with Gasteiger partial charge in [-0.1, -0.05) is 17.7 Å². The summed E-state index contributed by atoms with van der Waals surface area (Å²) in [6, 6.07) is 0. The van der Waals surface area contributed by atoms with Crippen LogP contribution in [0.5, 0.6) is 0 Å². The molecule has 0 aliphatic carbocycles. The minimum absolute atomic E-state index is 0.0483. The number of hydrogen-bond donors (Lipinski definition) is 1. The summed E-state index contributed by atoms with van der Waals surface area (Å²) in [6.07, 6.45) is 5.94. The molecule has 1 saturated heterocycles. The molecule has 2 atom stereocenters. The van der Waals surface area contributed by atoms with E-state index in [0.29, 0.717) is 43.8 Å². The predicted molar refractivity (Wildman–Crippen MR) is 118 cm³/mol. The Morgan fingerprint density at radius 3 is 2.84 bits per heavy atom. The first kappa shape index (κ1) is 24.1. The number of nitrogens with zero attached hydrogens (tertiary/aromatic N) is 4. The normalized spacial score (nSPS) is 18.7. The van der Waals surface area contributed by atoms with E-state index >= 15 is 0 Å². The first-order chi connectivity index (χ1) is 15.0. The molecule has 2 unspecified atom stereocenters. The first-order valence-corrected chi connectivity index (χ1v) is 12.4. The molecule has 1 aliphatic rings. The third-order valence-electron chi connectivity index (χ3n) is 4.66. The number of allylic oxidation sites excluding steroid dienone is 1. The molecule has 0 bridgehead atoms. The van der Waals surface area contributed by atoms with Crippen LogP contribution in [-0.4, -0.2) is 52.1 Å². The van der Waals surface area contributed by atoms with Gasteiger partial charge in [-0.25, -0.2) is 4.98 Å². The third kappa shape index (κ3) is 6.47. The van der Waals surface area contributed by atoms with Crippen molar-refractivity contribution >= 4 is 36.3 Å². The van der Waals surface area contributed by atoms with Crippen molar-refractivity contribution in [3.05, 3.63) is 23.4 Å². The highest BCUT2D eigenvalue weighted by molar-refractivity contribution is 7.57. The quantitative estimate of drug-likeness (QED) is 0.375. The Balaban J connectivity index is 1.79. The largest absolute Gasteiger partial charge is 0.379 e. The summed E-state index contributed by atoms with van der Waals surface area (Å²) in [5.74, 6) is 1.57. The highest BCUT2D eigenvalue weighted by Crippen LogP contribution is 2.49. The molecule has 0 saturated carbocycles. The Bertz CT molecular complexity index is 924. The van der Waals surface area contributed by atoms with Gasteiger partial charge in [-0.2, -0.15) is 9.97 Å². The van der Waals surface area contributed by atoms with Crippen LogP contribution in [0.4, 0.5) is 5.95 Å². The maximum Gasteiger partial charge on any atom is 0.353 e. The molecule has 31 heavy (non-hydrogen) atoms. The average molecular weight is 474 g/mol. The standard InChI is InChI=1S/C19H29ClN5O5P/c1-3-28-31(26,29-4-2)11-6-5-9-15(30-14-8-7-10-27-12-14)25-13-22-16-17(20)23-19(21)24-18(16)25/h6,11,13-15H,3-5,7-10,12H2,1-2H3,(H2,21,23,24). The molecular weight excluding hydrogens is 445 g/mol. The molecule has 0 amide bonds. The van der Waals surface area contributed by atoms with Gasteiger partial charge in [0.05, 0.1) is 32.3 Å². The molecule has 0 radical (unpaired) electrons. The van der Waals surface area contributed by atoms with Gasteiger partial charge in [0.25, 0.3) is 0 Å². The number of imidazole rings is 1. The number of ether oxygens (including phenoxy) is 2. The fraction of sp³-hybridized carbons (Fsp3) is 0.632. The van der Waals surface area contributed by atoms with Crippen LogP contribution in [0.2, 0.25) is 5.15 Å².